The first kappa shape index (κ1) is 12.1. The average molecular weight is 232 g/mol. The number of benzene rings is 1. The van der Waals surface area contributed by atoms with Crippen LogP contribution in [0.1, 0.15) is 24.9 Å². The second kappa shape index (κ2) is 5.34. The van der Waals surface area contributed by atoms with Crippen LogP contribution in [0.5, 0.6) is 0 Å². The van der Waals surface area contributed by atoms with Crippen LogP contribution in [0.2, 0.25) is 0 Å². The summed E-state index contributed by atoms with van der Waals surface area (Å²) in [6, 6.07) is 8.43. The molecule has 0 radical (unpaired) electrons. The summed E-state index contributed by atoms with van der Waals surface area (Å²) in [6.45, 7) is 2.94. The summed E-state index contributed by atoms with van der Waals surface area (Å²) in [5, 5.41) is 4.56. The lowest BCUT2D eigenvalue weighted by Gasteiger charge is -2.22. The predicted molar refractivity (Wildman–Crippen MR) is 70.9 cm³/mol. The van der Waals surface area contributed by atoms with E-state index in [9.17, 15) is 0 Å². The molecule has 0 aliphatic heterocycles. The van der Waals surface area contributed by atoms with Crippen LogP contribution in [-0.4, -0.2) is 13.6 Å². The lowest BCUT2D eigenvalue weighted by atomic mass is 9.92. The summed E-state index contributed by atoms with van der Waals surface area (Å²) in [7, 11) is 1.99. The lowest BCUT2D eigenvalue weighted by Crippen LogP contribution is -2.25. The normalized spacial score (nSPS) is 15.0. The third-order valence-electron chi connectivity index (χ3n) is 3.35. The number of rotatable bonds is 5. The van der Waals surface area contributed by atoms with E-state index in [4.69, 9.17) is 10.2 Å². The third kappa shape index (κ3) is 2.35. The van der Waals surface area contributed by atoms with Crippen molar-refractivity contribution in [1.82, 2.24) is 5.32 Å². The minimum atomic E-state index is 0.294. The smallest absolute Gasteiger partial charge is 0.134 e. The van der Waals surface area contributed by atoms with E-state index in [1.54, 1.807) is 0 Å². The molecule has 0 saturated carbocycles. The molecular formula is C14H20N2O. The molecule has 0 aliphatic rings. The van der Waals surface area contributed by atoms with E-state index < -0.39 is 0 Å². The number of hydrogen-bond donors (Lipinski definition) is 2. The molecule has 1 heterocycles. The largest absolute Gasteiger partial charge is 0.464 e. The highest BCUT2D eigenvalue weighted by Crippen LogP contribution is 2.31. The van der Waals surface area contributed by atoms with Gasteiger partial charge in [-0.3, -0.25) is 0 Å². The maximum Gasteiger partial charge on any atom is 0.134 e. The summed E-state index contributed by atoms with van der Waals surface area (Å²) in [5.41, 5.74) is 7.81. The number of para-hydroxylation sites is 1. The first-order chi connectivity index (χ1) is 8.27. The van der Waals surface area contributed by atoms with Gasteiger partial charge in [0.1, 0.15) is 5.58 Å². The zero-order valence-corrected chi connectivity index (χ0v) is 10.4. The molecule has 3 heteroatoms. The van der Waals surface area contributed by atoms with Crippen molar-refractivity contribution in [3.63, 3.8) is 0 Å². The van der Waals surface area contributed by atoms with E-state index >= 15 is 0 Å². The van der Waals surface area contributed by atoms with Crippen molar-refractivity contribution >= 4 is 11.0 Å². The maximum atomic E-state index is 5.64. The molecule has 0 spiro atoms. The van der Waals surface area contributed by atoms with E-state index in [-0.39, 0.29) is 0 Å². The molecule has 1 aromatic carbocycles. The molecule has 3 N–H and O–H groups in total. The summed E-state index contributed by atoms with van der Waals surface area (Å²) < 4.78 is 5.59. The Morgan fingerprint density at radius 1 is 1.35 bits per heavy atom. The van der Waals surface area contributed by atoms with Crippen LogP contribution in [0.25, 0.3) is 11.0 Å². The highest BCUT2D eigenvalue weighted by Gasteiger charge is 2.20. The molecule has 2 unspecified atom stereocenters. The fourth-order valence-electron chi connectivity index (χ4n) is 2.42. The van der Waals surface area contributed by atoms with Crippen LogP contribution in [0.3, 0.4) is 0 Å². The molecule has 2 rings (SSSR count). The Balaban J connectivity index is 2.36. The minimum Gasteiger partial charge on any atom is -0.464 e. The number of nitrogens with one attached hydrogen (secondary N) is 1. The van der Waals surface area contributed by atoms with Gasteiger partial charge in [-0.25, -0.2) is 0 Å². The first-order valence-corrected chi connectivity index (χ1v) is 6.11. The van der Waals surface area contributed by atoms with Crippen LogP contribution in [0, 0.1) is 5.92 Å². The highest BCUT2D eigenvalue weighted by atomic mass is 16.3. The molecular weight excluding hydrogens is 212 g/mol. The van der Waals surface area contributed by atoms with Gasteiger partial charge in [0, 0.05) is 17.0 Å². The van der Waals surface area contributed by atoms with Crippen molar-refractivity contribution in [2.45, 2.75) is 19.4 Å². The van der Waals surface area contributed by atoms with Crippen LogP contribution < -0.4 is 11.1 Å². The molecule has 17 heavy (non-hydrogen) atoms. The Hall–Kier alpha value is -1.32. The molecule has 0 bridgehead atoms. The van der Waals surface area contributed by atoms with Crippen molar-refractivity contribution in [3.8, 4) is 0 Å². The Morgan fingerprint density at radius 2 is 2.12 bits per heavy atom. The van der Waals surface area contributed by atoms with Crippen LogP contribution in [0.15, 0.2) is 34.9 Å². The fourth-order valence-corrected chi connectivity index (χ4v) is 2.42. The van der Waals surface area contributed by atoms with Crippen molar-refractivity contribution in [2.24, 2.45) is 11.7 Å². The molecule has 1 aromatic heterocycles. The van der Waals surface area contributed by atoms with Gasteiger partial charge in [0.25, 0.3) is 0 Å². The van der Waals surface area contributed by atoms with Gasteiger partial charge in [0.15, 0.2) is 0 Å². The van der Waals surface area contributed by atoms with Gasteiger partial charge in [0.2, 0.25) is 0 Å². The van der Waals surface area contributed by atoms with Crippen LogP contribution in [0.4, 0.5) is 0 Å². The van der Waals surface area contributed by atoms with Crippen LogP contribution >= 0.6 is 0 Å². The Bertz CT molecular complexity index is 478. The summed E-state index contributed by atoms with van der Waals surface area (Å²) >= 11 is 0. The van der Waals surface area contributed by atoms with Crippen molar-refractivity contribution in [1.29, 1.82) is 0 Å². The number of fused-ring (bicyclic) bond motifs is 1. The van der Waals surface area contributed by atoms with E-state index in [2.05, 4.69) is 18.3 Å². The Morgan fingerprint density at radius 3 is 2.82 bits per heavy atom. The Labute approximate surface area is 102 Å². The quantitative estimate of drug-likeness (QED) is 0.833. The molecule has 0 aliphatic carbocycles. The maximum absolute atomic E-state index is 5.64. The van der Waals surface area contributed by atoms with Gasteiger partial charge in [-0.1, -0.05) is 25.1 Å². The summed E-state index contributed by atoms with van der Waals surface area (Å²) in [5.74, 6) is 0.492. The standard InChI is InChI=1S/C14H20N2O/c1-10(7-8-15)14(16-2)12-9-17-13-6-4-3-5-11(12)13/h3-6,9-10,14,16H,7-8,15H2,1-2H3. The number of hydrogen-bond acceptors (Lipinski definition) is 3. The van der Waals surface area contributed by atoms with Gasteiger partial charge in [-0.15, -0.1) is 0 Å². The zero-order chi connectivity index (χ0) is 12.3. The molecule has 3 nitrogen and oxygen atoms in total. The third-order valence-corrected chi connectivity index (χ3v) is 3.35. The number of nitrogens with two attached hydrogens (primary N) is 1. The highest BCUT2D eigenvalue weighted by molar-refractivity contribution is 5.81. The number of furan rings is 1. The summed E-state index contributed by atoms with van der Waals surface area (Å²) in [6.07, 6.45) is 2.86. The van der Waals surface area contributed by atoms with Gasteiger partial charge in [-0.2, -0.15) is 0 Å². The molecule has 2 atom stereocenters. The van der Waals surface area contributed by atoms with Gasteiger partial charge in [0.05, 0.1) is 6.26 Å². The van der Waals surface area contributed by atoms with Crippen molar-refractivity contribution < 1.29 is 4.42 Å². The molecule has 0 amide bonds. The monoisotopic (exact) mass is 232 g/mol. The SMILES string of the molecule is CNC(c1coc2ccccc12)C(C)CCN. The zero-order valence-electron chi connectivity index (χ0n) is 10.4. The first-order valence-electron chi connectivity index (χ1n) is 6.11. The molecule has 0 saturated heterocycles. The van der Waals surface area contributed by atoms with Crippen molar-refractivity contribution in [2.75, 3.05) is 13.6 Å². The van der Waals surface area contributed by atoms with Crippen molar-refractivity contribution in [3.05, 3.63) is 36.1 Å². The topological polar surface area (TPSA) is 51.2 Å². The van der Waals surface area contributed by atoms with E-state index in [0.717, 1.165) is 18.5 Å². The van der Waals surface area contributed by atoms with Gasteiger partial charge in [-0.05, 0) is 32.0 Å². The Kier molecular flexibility index (Phi) is 3.82. The second-order valence-electron chi connectivity index (χ2n) is 4.51. The van der Waals surface area contributed by atoms with Gasteiger partial charge >= 0.3 is 0 Å². The van der Waals surface area contributed by atoms with E-state index in [1.165, 1.54) is 10.9 Å². The van der Waals surface area contributed by atoms with E-state index in [1.807, 2.05) is 31.5 Å². The molecule has 0 fully saturated rings. The summed E-state index contributed by atoms with van der Waals surface area (Å²) in [4.78, 5) is 0. The minimum absolute atomic E-state index is 0.294. The molecule has 2 aromatic rings. The fraction of sp³-hybridized carbons (Fsp3) is 0.429. The average Bonchev–Trinajstić information content (AvgIpc) is 2.75. The second-order valence-corrected chi connectivity index (χ2v) is 4.51. The van der Waals surface area contributed by atoms with Crippen LogP contribution in [-0.2, 0) is 0 Å². The molecule has 92 valence electrons. The van der Waals surface area contributed by atoms with Gasteiger partial charge < -0.3 is 15.5 Å². The van der Waals surface area contributed by atoms with E-state index in [0.29, 0.717) is 12.0 Å². The lowest BCUT2D eigenvalue weighted by molar-refractivity contribution is 0.390. The predicted octanol–water partition coefficient (Wildman–Crippen LogP) is 2.68.